The number of hydrogen-bond donors (Lipinski definition) is 0. The summed E-state index contributed by atoms with van der Waals surface area (Å²) in [5.74, 6) is 4.47. The molecule has 4 bridgehead atoms. The molecule has 0 saturated heterocycles. The predicted molar refractivity (Wildman–Crippen MR) is 77.9 cm³/mol. The van der Waals surface area contributed by atoms with Crippen LogP contribution in [0.1, 0.15) is 42.5 Å². The standard InChI is InChI=1S/C18H22O2/c1-20-16-5-3-2-4-15(16)18(19)17-13-7-11-6-12(9-13)10-14(17)8-11/h2-5,11-14,17H,6-10H2,1H3. The maximum Gasteiger partial charge on any atom is 0.170 e. The topological polar surface area (TPSA) is 26.3 Å². The van der Waals surface area contributed by atoms with Crippen LogP contribution in [0, 0.1) is 29.6 Å². The lowest BCUT2D eigenvalue weighted by Crippen LogP contribution is -2.48. The van der Waals surface area contributed by atoms with Crippen LogP contribution in [-0.4, -0.2) is 12.9 Å². The number of methoxy groups -OCH3 is 1. The molecule has 106 valence electrons. The van der Waals surface area contributed by atoms with E-state index < -0.39 is 0 Å². The lowest BCUT2D eigenvalue weighted by atomic mass is 9.51. The Morgan fingerprint density at radius 1 is 1.00 bits per heavy atom. The quantitative estimate of drug-likeness (QED) is 0.777. The van der Waals surface area contributed by atoms with Crippen molar-refractivity contribution in [2.75, 3.05) is 7.11 Å². The highest BCUT2D eigenvalue weighted by Crippen LogP contribution is 2.57. The minimum absolute atomic E-state index is 0.263. The van der Waals surface area contributed by atoms with E-state index in [0.29, 0.717) is 17.6 Å². The molecular weight excluding hydrogens is 248 g/mol. The third-order valence-corrected chi connectivity index (χ3v) is 5.90. The van der Waals surface area contributed by atoms with Crippen molar-refractivity contribution in [2.24, 2.45) is 29.6 Å². The highest BCUT2D eigenvalue weighted by atomic mass is 16.5. The molecule has 0 N–H and O–H groups in total. The van der Waals surface area contributed by atoms with E-state index in [4.69, 9.17) is 4.74 Å². The highest BCUT2D eigenvalue weighted by molar-refractivity contribution is 6.00. The summed E-state index contributed by atoms with van der Waals surface area (Å²) < 4.78 is 5.39. The number of para-hydroxylation sites is 1. The van der Waals surface area contributed by atoms with Crippen molar-refractivity contribution in [1.82, 2.24) is 0 Å². The van der Waals surface area contributed by atoms with Crippen LogP contribution in [0.3, 0.4) is 0 Å². The molecule has 20 heavy (non-hydrogen) atoms. The average Bonchev–Trinajstić information content (AvgIpc) is 2.46. The van der Waals surface area contributed by atoms with E-state index in [-0.39, 0.29) is 5.92 Å². The second-order valence-corrected chi connectivity index (χ2v) is 7.02. The summed E-state index contributed by atoms with van der Waals surface area (Å²) in [5, 5.41) is 0. The van der Waals surface area contributed by atoms with Crippen molar-refractivity contribution in [1.29, 1.82) is 0 Å². The van der Waals surface area contributed by atoms with Crippen molar-refractivity contribution in [2.45, 2.75) is 32.1 Å². The van der Waals surface area contributed by atoms with E-state index in [2.05, 4.69) is 0 Å². The minimum Gasteiger partial charge on any atom is -0.496 e. The molecule has 4 aliphatic carbocycles. The smallest absolute Gasteiger partial charge is 0.170 e. The molecule has 4 fully saturated rings. The van der Waals surface area contributed by atoms with Gasteiger partial charge in [0.1, 0.15) is 5.75 Å². The lowest BCUT2D eigenvalue weighted by Gasteiger charge is -2.53. The van der Waals surface area contributed by atoms with E-state index in [9.17, 15) is 4.79 Å². The zero-order valence-electron chi connectivity index (χ0n) is 12.0. The zero-order valence-corrected chi connectivity index (χ0v) is 12.0. The van der Waals surface area contributed by atoms with Crippen molar-refractivity contribution in [3.8, 4) is 5.75 Å². The van der Waals surface area contributed by atoms with Crippen LogP contribution in [0.15, 0.2) is 24.3 Å². The predicted octanol–water partition coefficient (Wildman–Crippen LogP) is 3.95. The third-order valence-electron chi connectivity index (χ3n) is 5.90. The summed E-state index contributed by atoms with van der Waals surface area (Å²) in [6, 6.07) is 7.73. The second kappa shape index (κ2) is 4.61. The molecule has 2 heteroatoms. The monoisotopic (exact) mass is 270 g/mol. The Hall–Kier alpha value is -1.31. The van der Waals surface area contributed by atoms with Crippen LogP contribution in [0.5, 0.6) is 5.75 Å². The molecule has 0 spiro atoms. The minimum atomic E-state index is 0.263. The van der Waals surface area contributed by atoms with Crippen LogP contribution in [0.25, 0.3) is 0 Å². The SMILES string of the molecule is COc1ccccc1C(=O)C1C2CC3CC(C2)CC1C3. The third kappa shape index (κ3) is 1.81. The van der Waals surface area contributed by atoms with Gasteiger partial charge in [0, 0.05) is 5.92 Å². The maximum atomic E-state index is 13.0. The van der Waals surface area contributed by atoms with Gasteiger partial charge in [0.2, 0.25) is 0 Å². The van der Waals surface area contributed by atoms with Gasteiger partial charge in [0.15, 0.2) is 5.78 Å². The molecule has 0 heterocycles. The first-order valence-electron chi connectivity index (χ1n) is 7.93. The Morgan fingerprint density at radius 3 is 2.20 bits per heavy atom. The molecule has 0 unspecified atom stereocenters. The molecule has 0 atom stereocenters. The van der Waals surface area contributed by atoms with Gasteiger partial charge in [-0.25, -0.2) is 0 Å². The van der Waals surface area contributed by atoms with Gasteiger partial charge in [-0.3, -0.25) is 4.79 Å². The molecule has 0 radical (unpaired) electrons. The van der Waals surface area contributed by atoms with Crippen LogP contribution < -0.4 is 4.74 Å². The molecule has 4 aliphatic rings. The van der Waals surface area contributed by atoms with Gasteiger partial charge < -0.3 is 4.74 Å². The lowest BCUT2D eigenvalue weighted by molar-refractivity contribution is -0.0252. The van der Waals surface area contributed by atoms with Crippen molar-refractivity contribution in [3.63, 3.8) is 0 Å². The largest absolute Gasteiger partial charge is 0.496 e. The molecular formula is C18H22O2. The average molecular weight is 270 g/mol. The van der Waals surface area contributed by atoms with Crippen molar-refractivity contribution < 1.29 is 9.53 Å². The Bertz CT molecular complexity index is 506. The number of carbonyl (C=O) groups excluding carboxylic acids is 1. The number of rotatable bonds is 3. The van der Waals surface area contributed by atoms with Gasteiger partial charge in [-0.15, -0.1) is 0 Å². The first kappa shape index (κ1) is 12.4. The number of carbonyl (C=O) groups is 1. The Kier molecular flexibility index (Phi) is 2.87. The van der Waals surface area contributed by atoms with Crippen LogP contribution >= 0.6 is 0 Å². The molecule has 5 rings (SSSR count). The Labute approximate surface area is 120 Å². The number of Topliss-reactive ketones (excluding diaryl/α,β-unsaturated/α-hetero) is 1. The zero-order chi connectivity index (χ0) is 13.7. The number of ether oxygens (including phenoxy) is 1. The van der Waals surface area contributed by atoms with Crippen LogP contribution in [0.4, 0.5) is 0 Å². The van der Waals surface area contributed by atoms with Gasteiger partial charge in [-0.05, 0) is 67.9 Å². The summed E-state index contributed by atoms with van der Waals surface area (Å²) in [6.07, 6.45) is 6.59. The Balaban J connectivity index is 1.66. The fraction of sp³-hybridized carbons (Fsp3) is 0.611. The van der Waals surface area contributed by atoms with Gasteiger partial charge in [-0.2, -0.15) is 0 Å². The number of ketones is 1. The number of benzene rings is 1. The fourth-order valence-corrected chi connectivity index (χ4v) is 5.38. The van der Waals surface area contributed by atoms with E-state index in [1.165, 1.54) is 32.1 Å². The van der Waals surface area contributed by atoms with E-state index >= 15 is 0 Å². The maximum absolute atomic E-state index is 13.0. The van der Waals surface area contributed by atoms with E-state index in [1.807, 2.05) is 24.3 Å². The molecule has 0 aromatic heterocycles. The van der Waals surface area contributed by atoms with Gasteiger partial charge >= 0.3 is 0 Å². The second-order valence-electron chi connectivity index (χ2n) is 7.02. The van der Waals surface area contributed by atoms with E-state index in [0.717, 1.165) is 23.1 Å². The molecule has 0 aliphatic heterocycles. The van der Waals surface area contributed by atoms with E-state index in [1.54, 1.807) is 7.11 Å². The molecule has 2 nitrogen and oxygen atoms in total. The summed E-state index contributed by atoms with van der Waals surface area (Å²) in [7, 11) is 1.66. The fourth-order valence-electron chi connectivity index (χ4n) is 5.38. The normalized spacial score (nSPS) is 38.0. The summed E-state index contributed by atoms with van der Waals surface area (Å²) in [6.45, 7) is 0. The Morgan fingerprint density at radius 2 is 1.60 bits per heavy atom. The molecule has 4 saturated carbocycles. The van der Waals surface area contributed by atoms with Crippen LogP contribution in [-0.2, 0) is 0 Å². The summed E-state index contributed by atoms with van der Waals surface area (Å²) >= 11 is 0. The summed E-state index contributed by atoms with van der Waals surface area (Å²) in [5.41, 5.74) is 0.799. The molecule has 1 aromatic rings. The van der Waals surface area contributed by atoms with Gasteiger partial charge in [-0.1, -0.05) is 12.1 Å². The highest BCUT2D eigenvalue weighted by Gasteiger charge is 2.50. The first-order chi connectivity index (χ1) is 9.76. The van der Waals surface area contributed by atoms with Gasteiger partial charge in [0.25, 0.3) is 0 Å². The number of hydrogen-bond acceptors (Lipinski definition) is 2. The molecule has 0 amide bonds. The molecule has 1 aromatic carbocycles. The van der Waals surface area contributed by atoms with Crippen LogP contribution in [0.2, 0.25) is 0 Å². The van der Waals surface area contributed by atoms with Crippen molar-refractivity contribution >= 4 is 5.78 Å². The van der Waals surface area contributed by atoms with Crippen molar-refractivity contribution in [3.05, 3.63) is 29.8 Å². The first-order valence-corrected chi connectivity index (χ1v) is 7.93. The van der Waals surface area contributed by atoms with Gasteiger partial charge in [0.05, 0.1) is 12.7 Å². The summed E-state index contributed by atoms with van der Waals surface area (Å²) in [4.78, 5) is 13.0.